The number of urea groups is 1. The molecule has 1 aliphatic carbocycles. The van der Waals surface area contributed by atoms with Crippen LogP contribution in [0.15, 0.2) is 42.6 Å². The molecule has 6 heteroatoms. The largest absolute Gasteiger partial charge is 0.324 e. The number of nitrogens with one attached hydrogen (secondary N) is 3. The molecule has 0 bridgehead atoms. The molecular formula is C16H15N5O. The van der Waals surface area contributed by atoms with Gasteiger partial charge >= 0.3 is 6.03 Å². The first-order chi connectivity index (χ1) is 10.8. The van der Waals surface area contributed by atoms with Gasteiger partial charge in [0.1, 0.15) is 5.82 Å². The summed E-state index contributed by atoms with van der Waals surface area (Å²) >= 11 is 0. The summed E-state index contributed by atoms with van der Waals surface area (Å²) in [6.45, 7) is 0. The molecule has 3 N–H and O–H groups in total. The summed E-state index contributed by atoms with van der Waals surface area (Å²) < 4.78 is 0. The fourth-order valence-electron chi connectivity index (χ4n) is 2.48. The highest BCUT2D eigenvalue weighted by molar-refractivity contribution is 6.00. The molecular weight excluding hydrogens is 278 g/mol. The van der Waals surface area contributed by atoms with Gasteiger partial charge in [0.15, 0.2) is 0 Å². The van der Waals surface area contributed by atoms with Crippen LogP contribution in [-0.2, 0) is 0 Å². The van der Waals surface area contributed by atoms with Gasteiger partial charge < -0.3 is 5.32 Å². The number of nitrogens with zero attached hydrogens (tertiary/aromatic N) is 2. The molecule has 4 rings (SSSR count). The average Bonchev–Trinajstić information content (AvgIpc) is 3.27. The number of anilines is 2. The second kappa shape index (κ2) is 5.14. The Bertz CT molecular complexity index is 837. The maximum absolute atomic E-state index is 12.1. The van der Waals surface area contributed by atoms with E-state index in [0.717, 1.165) is 35.1 Å². The molecule has 2 heterocycles. The molecule has 6 nitrogen and oxygen atoms in total. The summed E-state index contributed by atoms with van der Waals surface area (Å²) in [6, 6.07) is 11.2. The average molecular weight is 293 g/mol. The number of H-pyrrole nitrogens is 1. The number of carbonyl (C=O) groups excluding carboxylic acids is 1. The third-order valence-corrected chi connectivity index (χ3v) is 3.74. The third-order valence-electron chi connectivity index (χ3n) is 3.74. The van der Waals surface area contributed by atoms with Crippen molar-refractivity contribution in [3.63, 3.8) is 0 Å². The summed E-state index contributed by atoms with van der Waals surface area (Å²) in [7, 11) is 0. The molecule has 1 saturated carbocycles. The van der Waals surface area contributed by atoms with E-state index >= 15 is 0 Å². The number of rotatable bonds is 3. The molecule has 0 spiro atoms. The number of aromatic amines is 1. The van der Waals surface area contributed by atoms with Crippen molar-refractivity contribution in [3.05, 3.63) is 48.3 Å². The molecule has 0 atom stereocenters. The molecule has 0 radical (unpaired) electrons. The minimum Gasteiger partial charge on any atom is -0.305 e. The van der Waals surface area contributed by atoms with Crippen molar-refractivity contribution < 1.29 is 4.79 Å². The van der Waals surface area contributed by atoms with Crippen molar-refractivity contribution >= 4 is 28.4 Å². The Balaban J connectivity index is 1.49. The number of para-hydroxylation sites is 1. The van der Waals surface area contributed by atoms with Crippen LogP contribution in [0.2, 0.25) is 0 Å². The normalized spacial score (nSPS) is 14.0. The van der Waals surface area contributed by atoms with E-state index in [1.165, 1.54) is 0 Å². The molecule has 110 valence electrons. The minimum absolute atomic E-state index is 0.314. The summed E-state index contributed by atoms with van der Waals surface area (Å²) in [6.07, 6.45) is 3.93. The lowest BCUT2D eigenvalue weighted by molar-refractivity contribution is 0.262. The Morgan fingerprint density at radius 3 is 2.86 bits per heavy atom. The number of pyridine rings is 1. The van der Waals surface area contributed by atoms with Gasteiger partial charge in [-0.25, -0.2) is 9.78 Å². The second-order valence-electron chi connectivity index (χ2n) is 5.44. The number of benzene rings is 1. The quantitative estimate of drug-likeness (QED) is 0.691. The van der Waals surface area contributed by atoms with Crippen molar-refractivity contribution in [1.29, 1.82) is 0 Å². The van der Waals surface area contributed by atoms with Crippen LogP contribution in [0, 0.1) is 0 Å². The highest BCUT2D eigenvalue weighted by Crippen LogP contribution is 2.42. The van der Waals surface area contributed by atoms with Gasteiger partial charge in [-0.15, -0.1) is 0 Å². The number of amides is 2. The van der Waals surface area contributed by atoms with E-state index in [4.69, 9.17) is 0 Å². The van der Waals surface area contributed by atoms with Crippen LogP contribution >= 0.6 is 0 Å². The Labute approximate surface area is 127 Å². The topological polar surface area (TPSA) is 82.7 Å². The van der Waals surface area contributed by atoms with Crippen LogP contribution < -0.4 is 10.6 Å². The lowest BCUT2D eigenvalue weighted by Gasteiger charge is -2.07. The lowest BCUT2D eigenvalue weighted by atomic mass is 10.2. The zero-order valence-corrected chi connectivity index (χ0v) is 11.8. The maximum Gasteiger partial charge on any atom is 0.324 e. The van der Waals surface area contributed by atoms with Gasteiger partial charge in [0.25, 0.3) is 0 Å². The zero-order valence-electron chi connectivity index (χ0n) is 11.8. The zero-order chi connectivity index (χ0) is 14.9. The van der Waals surface area contributed by atoms with Gasteiger partial charge in [0, 0.05) is 11.3 Å². The molecule has 0 aliphatic heterocycles. The fraction of sp³-hybridized carbons (Fsp3) is 0.188. The first kappa shape index (κ1) is 12.8. The van der Waals surface area contributed by atoms with E-state index in [9.17, 15) is 4.79 Å². The molecule has 2 aromatic heterocycles. The molecule has 1 aliphatic rings. The molecule has 1 fully saturated rings. The Morgan fingerprint density at radius 1 is 1.14 bits per heavy atom. The van der Waals surface area contributed by atoms with Gasteiger partial charge in [-0.05, 0) is 31.0 Å². The number of fused-ring (bicyclic) bond motifs is 1. The number of aromatic nitrogens is 3. The Morgan fingerprint density at radius 2 is 2.00 bits per heavy atom. The van der Waals surface area contributed by atoms with E-state index in [2.05, 4.69) is 25.8 Å². The summed E-state index contributed by atoms with van der Waals surface area (Å²) in [5.74, 6) is 1.02. The molecule has 0 saturated heterocycles. The summed E-state index contributed by atoms with van der Waals surface area (Å²) in [4.78, 5) is 16.5. The first-order valence-electron chi connectivity index (χ1n) is 7.27. The molecule has 22 heavy (non-hydrogen) atoms. The fourth-order valence-corrected chi connectivity index (χ4v) is 2.48. The predicted octanol–water partition coefficient (Wildman–Crippen LogP) is 3.48. The minimum atomic E-state index is -0.314. The molecule has 2 amide bonds. The third kappa shape index (κ3) is 2.50. The van der Waals surface area contributed by atoms with E-state index in [1.54, 1.807) is 12.3 Å². The second-order valence-corrected chi connectivity index (χ2v) is 5.44. The van der Waals surface area contributed by atoms with E-state index in [-0.39, 0.29) is 6.03 Å². The Hall–Kier alpha value is -2.89. The smallest absolute Gasteiger partial charge is 0.305 e. The lowest BCUT2D eigenvalue weighted by Crippen LogP contribution is -2.20. The van der Waals surface area contributed by atoms with Crippen molar-refractivity contribution in [3.8, 4) is 0 Å². The summed E-state index contributed by atoms with van der Waals surface area (Å²) in [5, 5.41) is 13.6. The van der Waals surface area contributed by atoms with Crippen LogP contribution in [-0.4, -0.2) is 21.2 Å². The molecule has 0 unspecified atom stereocenters. The standard InChI is InChI=1S/C16H15N5O/c22-16(19-13-9-17-21-15(13)11-5-6-11)20-14-8-7-10-3-1-2-4-12(10)18-14/h1-4,7-9,11H,5-6H2,(H,17,21)(H2,18,19,20,22). The van der Waals surface area contributed by atoms with Gasteiger partial charge in [0.2, 0.25) is 0 Å². The van der Waals surface area contributed by atoms with Gasteiger partial charge in [-0.3, -0.25) is 10.4 Å². The monoisotopic (exact) mass is 293 g/mol. The molecule has 1 aromatic carbocycles. The summed E-state index contributed by atoms with van der Waals surface area (Å²) in [5.41, 5.74) is 2.59. The van der Waals surface area contributed by atoms with Crippen molar-refractivity contribution in [2.45, 2.75) is 18.8 Å². The number of hydrogen-bond donors (Lipinski definition) is 3. The highest BCUT2D eigenvalue weighted by Gasteiger charge is 2.28. The first-order valence-corrected chi connectivity index (χ1v) is 7.27. The maximum atomic E-state index is 12.1. The molecule has 3 aromatic rings. The van der Waals surface area contributed by atoms with Crippen LogP contribution in [0.4, 0.5) is 16.3 Å². The van der Waals surface area contributed by atoms with Crippen LogP contribution in [0.3, 0.4) is 0 Å². The van der Waals surface area contributed by atoms with Gasteiger partial charge in [-0.1, -0.05) is 18.2 Å². The SMILES string of the molecule is O=C(Nc1ccc2ccccc2n1)Nc1cn[nH]c1C1CC1. The Kier molecular flexibility index (Phi) is 3.00. The number of hydrogen-bond acceptors (Lipinski definition) is 3. The van der Waals surface area contributed by atoms with E-state index in [1.807, 2.05) is 30.3 Å². The van der Waals surface area contributed by atoms with Gasteiger partial charge in [-0.2, -0.15) is 5.10 Å². The van der Waals surface area contributed by atoms with Crippen LogP contribution in [0.25, 0.3) is 10.9 Å². The van der Waals surface area contributed by atoms with Crippen LogP contribution in [0.1, 0.15) is 24.5 Å². The van der Waals surface area contributed by atoms with Crippen molar-refractivity contribution in [2.24, 2.45) is 0 Å². The highest BCUT2D eigenvalue weighted by atomic mass is 16.2. The number of carbonyl (C=O) groups is 1. The van der Waals surface area contributed by atoms with Crippen molar-refractivity contribution in [2.75, 3.05) is 10.6 Å². The van der Waals surface area contributed by atoms with E-state index < -0.39 is 0 Å². The predicted molar refractivity (Wildman–Crippen MR) is 84.9 cm³/mol. The van der Waals surface area contributed by atoms with Crippen LogP contribution in [0.5, 0.6) is 0 Å². The van der Waals surface area contributed by atoms with Gasteiger partial charge in [0.05, 0.1) is 23.1 Å². The van der Waals surface area contributed by atoms with E-state index in [0.29, 0.717) is 11.7 Å². The van der Waals surface area contributed by atoms with Crippen molar-refractivity contribution in [1.82, 2.24) is 15.2 Å².